The maximum absolute atomic E-state index is 10.6. The van der Waals surface area contributed by atoms with Gasteiger partial charge in [-0.3, -0.25) is 4.90 Å². The number of hydrogen-bond donors (Lipinski definition) is 1. The Morgan fingerprint density at radius 3 is 2.05 bits per heavy atom. The van der Waals surface area contributed by atoms with Crippen molar-refractivity contribution in [3.63, 3.8) is 0 Å². The number of rotatable bonds is 5. The Hall–Kier alpha value is -1.22. The zero-order valence-electron chi connectivity index (χ0n) is 23.3. The third kappa shape index (κ3) is 4.71. The van der Waals surface area contributed by atoms with E-state index in [1.807, 2.05) is 6.07 Å². The molecule has 210 valence electrons. The summed E-state index contributed by atoms with van der Waals surface area (Å²) in [6.45, 7) is 10.9. The van der Waals surface area contributed by atoms with Gasteiger partial charge in [0.15, 0.2) is 0 Å². The molecule has 0 radical (unpaired) electrons. The van der Waals surface area contributed by atoms with Crippen LogP contribution in [0.5, 0.6) is 5.75 Å². The molecule has 0 amide bonds. The molecular formula is C31H46N2O5. The number of hydrogen-bond acceptors (Lipinski definition) is 7. The lowest BCUT2D eigenvalue weighted by molar-refractivity contribution is -0.680. The second kappa shape index (κ2) is 10.0. The lowest BCUT2D eigenvalue weighted by Gasteiger charge is -2.60. The summed E-state index contributed by atoms with van der Waals surface area (Å²) in [6.07, 6.45) is 9.55. The van der Waals surface area contributed by atoms with Gasteiger partial charge in [-0.25, -0.2) is 0 Å². The van der Waals surface area contributed by atoms with E-state index in [1.165, 1.54) is 44.2 Å². The number of phenols is 1. The van der Waals surface area contributed by atoms with Crippen LogP contribution < -0.4 is 0 Å². The molecule has 7 fully saturated rings. The second-order valence-corrected chi connectivity index (χ2v) is 13.9. The second-order valence-electron chi connectivity index (χ2n) is 13.9. The molecule has 2 heterocycles. The van der Waals surface area contributed by atoms with E-state index in [1.54, 1.807) is 0 Å². The van der Waals surface area contributed by atoms with Crippen molar-refractivity contribution in [3.05, 3.63) is 29.3 Å². The predicted octanol–water partition coefficient (Wildman–Crippen LogP) is 5.58. The van der Waals surface area contributed by atoms with Gasteiger partial charge in [-0.1, -0.05) is 26.0 Å². The lowest BCUT2D eigenvalue weighted by Crippen LogP contribution is -2.64. The minimum atomic E-state index is -0.786. The molecule has 2 saturated heterocycles. The van der Waals surface area contributed by atoms with Gasteiger partial charge in [0.1, 0.15) is 5.75 Å². The van der Waals surface area contributed by atoms with E-state index in [9.17, 15) is 5.11 Å². The van der Waals surface area contributed by atoms with Gasteiger partial charge in [0.05, 0.1) is 0 Å². The van der Waals surface area contributed by atoms with Crippen molar-refractivity contribution in [3.8, 4) is 5.75 Å². The first-order valence-corrected chi connectivity index (χ1v) is 15.4. The number of phenolic OH excluding ortho intramolecular Hbond substituents is 1. The first-order chi connectivity index (χ1) is 18.4. The molecule has 0 aromatic heterocycles. The van der Waals surface area contributed by atoms with Gasteiger partial charge in [0, 0.05) is 69.5 Å². The Bertz CT molecular complexity index is 958. The Balaban J connectivity index is 0.945. The SMILES string of the molecule is CC(C)CN1CCN(Cc2cc(C3CCC4(CC3)OOC3(OO4)C4CC5CC(C4)CC3C5)ccc2O)CC1. The Morgan fingerprint density at radius 2 is 1.45 bits per heavy atom. The Kier molecular flexibility index (Phi) is 6.77. The van der Waals surface area contributed by atoms with Gasteiger partial charge in [0.2, 0.25) is 11.6 Å². The summed E-state index contributed by atoms with van der Waals surface area (Å²) in [5, 5.41) is 10.6. The highest BCUT2D eigenvalue weighted by atomic mass is 17.4. The number of piperazine rings is 1. The van der Waals surface area contributed by atoms with E-state index in [0.29, 0.717) is 29.4 Å². The highest BCUT2D eigenvalue weighted by molar-refractivity contribution is 5.38. The van der Waals surface area contributed by atoms with Crippen LogP contribution >= 0.6 is 0 Å². The standard InChI is InChI=1S/C31H46N2O5/c1-21(2)19-32-9-11-33(12-10-32)20-26-18-25(3-4-29(26)34)24-5-7-30(8-6-24)35-37-31(38-36-30)27-14-22-13-23(16-27)17-28(31)15-22/h3-4,18,21-24,27-28,34H,5-17,19-20H2,1-2H3. The number of aromatic hydroxyl groups is 1. The average molecular weight is 527 g/mol. The van der Waals surface area contributed by atoms with Crippen LogP contribution in [0.2, 0.25) is 0 Å². The minimum absolute atomic E-state index is 0.404. The molecule has 8 rings (SSSR count). The quantitative estimate of drug-likeness (QED) is 0.503. The highest BCUT2D eigenvalue weighted by Gasteiger charge is 2.64. The molecule has 2 spiro atoms. The fourth-order valence-corrected chi connectivity index (χ4v) is 8.85. The molecule has 7 aliphatic rings. The van der Waals surface area contributed by atoms with Crippen LogP contribution in [0.1, 0.15) is 88.7 Å². The van der Waals surface area contributed by atoms with E-state index < -0.39 is 11.6 Å². The van der Waals surface area contributed by atoms with Crippen LogP contribution in [-0.2, 0) is 26.1 Å². The van der Waals surface area contributed by atoms with Crippen LogP contribution in [-0.4, -0.2) is 59.2 Å². The fourth-order valence-electron chi connectivity index (χ4n) is 8.85. The summed E-state index contributed by atoms with van der Waals surface area (Å²) < 4.78 is 0. The van der Waals surface area contributed by atoms with Crippen molar-refractivity contribution in [2.45, 2.75) is 95.7 Å². The van der Waals surface area contributed by atoms with E-state index in [-0.39, 0.29) is 0 Å². The monoisotopic (exact) mass is 526 g/mol. The van der Waals surface area contributed by atoms with Gasteiger partial charge < -0.3 is 10.0 Å². The molecule has 1 aromatic carbocycles. The summed E-state index contributed by atoms with van der Waals surface area (Å²) >= 11 is 0. The van der Waals surface area contributed by atoms with Crippen molar-refractivity contribution in [2.75, 3.05) is 32.7 Å². The predicted molar refractivity (Wildman–Crippen MR) is 143 cm³/mol. The third-order valence-corrected chi connectivity index (χ3v) is 10.7. The molecule has 5 saturated carbocycles. The number of benzene rings is 1. The zero-order chi connectivity index (χ0) is 25.9. The topological polar surface area (TPSA) is 63.6 Å². The summed E-state index contributed by atoms with van der Waals surface area (Å²) in [6, 6.07) is 6.22. The molecule has 5 aliphatic carbocycles. The van der Waals surface area contributed by atoms with Gasteiger partial charge in [-0.15, -0.1) is 0 Å². The van der Waals surface area contributed by atoms with Crippen LogP contribution in [0.3, 0.4) is 0 Å². The summed E-state index contributed by atoms with van der Waals surface area (Å²) in [5.41, 5.74) is 2.35. The highest BCUT2D eigenvalue weighted by Crippen LogP contribution is 2.62. The summed E-state index contributed by atoms with van der Waals surface area (Å²) in [7, 11) is 0. The first kappa shape index (κ1) is 25.7. The van der Waals surface area contributed by atoms with Gasteiger partial charge in [-0.05, 0) is 80.2 Å². The molecule has 2 aliphatic heterocycles. The first-order valence-electron chi connectivity index (χ1n) is 15.4. The van der Waals surface area contributed by atoms with E-state index in [4.69, 9.17) is 19.6 Å². The molecule has 0 atom stereocenters. The maximum atomic E-state index is 10.6. The van der Waals surface area contributed by atoms with Gasteiger partial charge in [0.25, 0.3) is 0 Å². The third-order valence-electron chi connectivity index (χ3n) is 10.7. The molecule has 38 heavy (non-hydrogen) atoms. The van der Waals surface area contributed by atoms with E-state index in [0.717, 1.165) is 75.8 Å². The van der Waals surface area contributed by atoms with Crippen molar-refractivity contribution in [1.29, 1.82) is 0 Å². The smallest absolute Gasteiger partial charge is 0.239 e. The maximum Gasteiger partial charge on any atom is 0.239 e. The largest absolute Gasteiger partial charge is 0.508 e. The normalized spacial score (nSPS) is 41.5. The molecule has 1 aromatic rings. The van der Waals surface area contributed by atoms with E-state index >= 15 is 0 Å². The Morgan fingerprint density at radius 1 is 0.842 bits per heavy atom. The van der Waals surface area contributed by atoms with Crippen LogP contribution in [0, 0.1) is 29.6 Å². The Labute approximate surface area is 227 Å². The molecule has 1 N–H and O–H groups in total. The van der Waals surface area contributed by atoms with Crippen LogP contribution in [0.4, 0.5) is 0 Å². The molecular weight excluding hydrogens is 480 g/mol. The van der Waals surface area contributed by atoms with Crippen molar-refractivity contribution >= 4 is 0 Å². The zero-order valence-corrected chi connectivity index (χ0v) is 23.3. The molecule has 7 nitrogen and oxygen atoms in total. The van der Waals surface area contributed by atoms with Crippen molar-refractivity contribution in [1.82, 2.24) is 9.80 Å². The number of nitrogens with zero attached hydrogens (tertiary/aromatic N) is 2. The van der Waals surface area contributed by atoms with E-state index in [2.05, 4.69) is 35.8 Å². The summed E-state index contributed by atoms with van der Waals surface area (Å²) in [4.78, 5) is 29.8. The lowest BCUT2D eigenvalue weighted by atomic mass is 9.53. The van der Waals surface area contributed by atoms with Crippen molar-refractivity contribution < 1.29 is 24.7 Å². The molecule has 0 unspecified atom stereocenters. The minimum Gasteiger partial charge on any atom is -0.508 e. The molecule has 4 bridgehead atoms. The fraction of sp³-hybridized carbons (Fsp3) is 0.806. The van der Waals surface area contributed by atoms with Crippen LogP contribution in [0.25, 0.3) is 0 Å². The summed E-state index contributed by atoms with van der Waals surface area (Å²) in [5.74, 6) is 2.56. The van der Waals surface area contributed by atoms with Crippen LogP contribution in [0.15, 0.2) is 18.2 Å². The van der Waals surface area contributed by atoms with Crippen molar-refractivity contribution in [2.24, 2.45) is 29.6 Å². The van der Waals surface area contributed by atoms with Gasteiger partial charge in [-0.2, -0.15) is 19.6 Å². The van der Waals surface area contributed by atoms with Gasteiger partial charge >= 0.3 is 0 Å². The average Bonchev–Trinajstić information content (AvgIpc) is 2.91. The molecule has 7 heteroatoms.